The van der Waals surface area contributed by atoms with Gasteiger partial charge in [0.25, 0.3) is 0 Å². The van der Waals surface area contributed by atoms with Gasteiger partial charge in [-0.2, -0.15) is 0 Å². The third-order valence-corrected chi connectivity index (χ3v) is 2.82. The van der Waals surface area contributed by atoms with E-state index in [4.69, 9.17) is 0 Å². The van der Waals surface area contributed by atoms with Crippen LogP contribution in [-0.4, -0.2) is 31.1 Å². The summed E-state index contributed by atoms with van der Waals surface area (Å²) in [5.74, 6) is 0. The van der Waals surface area contributed by atoms with Crippen LogP contribution < -0.4 is 5.32 Å². The van der Waals surface area contributed by atoms with Gasteiger partial charge in [0.2, 0.25) is 0 Å². The lowest BCUT2D eigenvalue weighted by Gasteiger charge is -2.17. The second-order valence-electron chi connectivity index (χ2n) is 3.97. The van der Waals surface area contributed by atoms with Gasteiger partial charge in [-0.05, 0) is 31.6 Å². The SMILES string of the molecule is CCN(CC)CCC[N]Cc1ccccc1. The predicted octanol–water partition coefficient (Wildman–Crippen LogP) is 2.52. The van der Waals surface area contributed by atoms with E-state index in [1.807, 2.05) is 6.07 Å². The minimum absolute atomic E-state index is 0.860. The Morgan fingerprint density at radius 1 is 1.06 bits per heavy atom. The second-order valence-corrected chi connectivity index (χ2v) is 3.97. The predicted molar refractivity (Wildman–Crippen MR) is 69.6 cm³/mol. The molecule has 0 aromatic heterocycles. The van der Waals surface area contributed by atoms with E-state index in [9.17, 15) is 0 Å². The highest BCUT2D eigenvalue weighted by Crippen LogP contribution is 1.98. The Hall–Kier alpha value is -0.860. The largest absolute Gasteiger partial charge is 0.304 e. The Kier molecular flexibility index (Phi) is 6.86. The van der Waals surface area contributed by atoms with Gasteiger partial charge in [0.1, 0.15) is 0 Å². The zero-order chi connectivity index (χ0) is 11.6. The first-order chi connectivity index (χ1) is 7.86. The summed E-state index contributed by atoms with van der Waals surface area (Å²) < 4.78 is 0. The molecule has 1 aromatic rings. The molecule has 1 radical (unpaired) electrons. The van der Waals surface area contributed by atoms with Crippen LogP contribution in [0.3, 0.4) is 0 Å². The molecule has 0 bridgehead atoms. The molecule has 0 spiro atoms. The first-order valence-electron chi connectivity index (χ1n) is 6.26. The number of nitrogens with zero attached hydrogens (tertiary/aromatic N) is 2. The Labute approximate surface area is 99.7 Å². The van der Waals surface area contributed by atoms with Gasteiger partial charge in [-0.15, -0.1) is 0 Å². The molecule has 2 nitrogen and oxygen atoms in total. The average Bonchev–Trinajstić information content (AvgIpc) is 2.35. The summed E-state index contributed by atoms with van der Waals surface area (Å²) in [4.78, 5) is 2.44. The Bertz CT molecular complexity index is 255. The summed E-state index contributed by atoms with van der Waals surface area (Å²) >= 11 is 0. The summed E-state index contributed by atoms with van der Waals surface area (Å²) in [5.41, 5.74) is 1.31. The first kappa shape index (κ1) is 13.2. The maximum absolute atomic E-state index is 4.56. The topological polar surface area (TPSA) is 17.3 Å². The molecule has 1 aromatic carbocycles. The van der Waals surface area contributed by atoms with Crippen LogP contribution in [0.4, 0.5) is 0 Å². The molecule has 0 unspecified atom stereocenters. The van der Waals surface area contributed by atoms with Crippen LogP contribution in [0.1, 0.15) is 25.8 Å². The van der Waals surface area contributed by atoms with Crippen molar-refractivity contribution in [1.82, 2.24) is 10.2 Å². The molecule has 0 saturated carbocycles. The molecular formula is C14H23N2. The van der Waals surface area contributed by atoms with E-state index in [1.54, 1.807) is 0 Å². The zero-order valence-corrected chi connectivity index (χ0v) is 10.5. The second kappa shape index (κ2) is 8.31. The lowest BCUT2D eigenvalue weighted by molar-refractivity contribution is 0.297. The molecule has 0 aliphatic carbocycles. The highest BCUT2D eigenvalue weighted by Gasteiger charge is 1.98. The van der Waals surface area contributed by atoms with Crippen molar-refractivity contribution in [3.63, 3.8) is 0 Å². The van der Waals surface area contributed by atoms with Crippen molar-refractivity contribution < 1.29 is 0 Å². The summed E-state index contributed by atoms with van der Waals surface area (Å²) in [5, 5.41) is 4.56. The lowest BCUT2D eigenvalue weighted by Crippen LogP contribution is -2.25. The van der Waals surface area contributed by atoms with Gasteiger partial charge in [-0.25, -0.2) is 5.32 Å². The Morgan fingerprint density at radius 3 is 2.38 bits per heavy atom. The van der Waals surface area contributed by atoms with Crippen molar-refractivity contribution in [3.05, 3.63) is 35.9 Å². The van der Waals surface area contributed by atoms with E-state index >= 15 is 0 Å². The van der Waals surface area contributed by atoms with Crippen LogP contribution in [0.5, 0.6) is 0 Å². The monoisotopic (exact) mass is 219 g/mol. The van der Waals surface area contributed by atoms with Gasteiger partial charge >= 0.3 is 0 Å². The summed E-state index contributed by atoms with van der Waals surface area (Å²) in [7, 11) is 0. The fourth-order valence-corrected chi connectivity index (χ4v) is 1.74. The lowest BCUT2D eigenvalue weighted by atomic mass is 10.2. The van der Waals surface area contributed by atoms with E-state index in [0.717, 1.165) is 26.2 Å². The quantitative estimate of drug-likeness (QED) is 0.614. The molecule has 0 amide bonds. The van der Waals surface area contributed by atoms with Gasteiger partial charge in [0.15, 0.2) is 0 Å². The fraction of sp³-hybridized carbons (Fsp3) is 0.571. The van der Waals surface area contributed by atoms with Crippen molar-refractivity contribution in [2.75, 3.05) is 26.2 Å². The van der Waals surface area contributed by atoms with Crippen LogP contribution in [0.2, 0.25) is 0 Å². The molecule has 0 N–H and O–H groups in total. The van der Waals surface area contributed by atoms with Crippen LogP contribution in [0, 0.1) is 0 Å². The molecule has 16 heavy (non-hydrogen) atoms. The smallest absolute Gasteiger partial charge is 0.0384 e. The molecule has 2 heteroatoms. The van der Waals surface area contributed by atoms with Crippen molar-refractivity contribution in [2.24, 2.45) is 0 Å². The Morgan fingerprint density at radius 2 is 1.75 bits per heavy atom. The van der Waals surface area contributed by atoms with Gasteiger partial charge in [-0.3, -0.25) is 0 Å². The number of benzene rings is 1. The van der Waals surface area contributed by atoms with Crippen molar-refractivity contribution in [2.45, 2.75) is 26.8 Å². The number of hydrogen-bond acceptors (Lipinski definition) is 1. The molecule has 0 fully saturated rings. The van der Waals surface area contributed by atoms with Crippen molar-refractivity contribution in [1.29, 1.82) is 0 Å². The number of rotatable bonds is 8. The van der Waals surface area contributed by atoms with E-state index in [0.29, 0.717) is 0 Å². The highest BCUT2D eigenvalue weighted by molar-refractivity contribution is 5.14. The highest BCUT2D eigenvalue weighted by atomic mass is 15.1. The zero-order valence-electron chi connectivity index (χ0n) is 10.5. The first-order valence-corrected chi connectivity index (χ1v) is 6.26. The molecule has 1 rings (SSSR count). The Balaban J connectivity index is 2.04. The van der Waals surface area contributed by atoms with Crippen LogP contribution in [-0.2, 0) is 6.54 Å². The maximum atomic E-state index is 4.56. The van der Waals surface area contributed by atoms with E-state index in [1.165, 1.54) is 18.5 Å². The molecule has 0 aliphatic rings. The fourth-order valence-electron chi connectivity index (χ4n) is 1.74. The van der Waals surface area contributed by atoms with Gasteiger partial charge < -0.3 is 4.90 Å². The van der Waals surface area contributed by atoms with Crippen molar-refractivity contribution >= 4 is 0 Å². The minimum Gasteiger partial charge on any atom is -0.304 e. The van der Waals surface area contributed by atoms with Gasteiger partial charge in [-0.1, -0.05) is 44.2 Å². The van der Waals surface area contributed by atoms with Crippen molar-refractivity contribution in [3.8, 4) is 0 Å². The molecular weight excluding hydrogens is 196 g/mol. The summed E-state index contributed by atoms with van der Waals surface area (Å²) in [6.07, 6.45) is 1.18. The molecule has 0 saturated heterocycles. The molecule has 0 atom stereocenters. The normalized spacial score (nSPS) is 10.9. The third kappa shape index (κ3) is 5.29. The summed E-state index contributed by atoms with van der Waals surface area (Å²) in [6.45, 7) is 9.73. The molecule has 0 aliphatic heterocycles. The van der Waals surface area contributed by atoms with Crippen LogP contribution in [0.25, 0.3) is 0 Å². The van der Waals surface area contributed by atoms with Gasteiger partial charge in [0, 0.05) is 13.1 Å². The molecule has 89 valence electrons. The van der Waals surface area contributed by atoms with Crippen LogP contribution in [0.15, 0.2) is 30.3 Å². The number of hydrogen-bond donors (Lipinski definition) is 0. The van der Waals surface area contributed by atoms with E-state index < -0.39 is 0 Å². The van der Waals surface area contributed by atoms with E-state index in [-0.39, 0.29) is 0 Å². The van der Waals surface area contributed by atoms with Gasteiger partial charge in [0.05, 0.1) is 0 Å². The maximum Gasteiger partial charge on any atom is 0.0384 e. The van der Waals surface area contributed by atoms with Crippen LogP contribution >= 0.6 is 0 Å². The average molecular weight is 219 g/mol. The molecule has 0 heterocycles. The minimum atomic E-state index is 0.860. The van der Waals surface area contributed by atoms with E-state index in [2.05, 4.69) is 48.3 Å². The standard InChI is InChI=1S/C14H23N2/c1-3-16(4-2)12-8-11-15-13-14-9-6-5-7-10-14/h5-7,9-10H,3-4,8,11-13H2,1-2H3. The summed E-state index contributed by atoms with van der Waals surface area (Å²) in [6, 6.07) is 10.5. The third-order valence-electron chi connectivity index (χ3n) is 2.82.